The van der Waals surface area contributed by atoms with Crippen LogP contribution in [-0.2, 0) is 10.2 Å². The molecular weight excluding hydrogens is 312 g/mol. The molecule has 0 unspecified atom stereocenters. The number of benzene rings is 1. The third-order valence-electron chi connectivity index (χ3n) is 4.83. The van der Waals surface area contributed by atoms with E-state index in [1.165, 1.54) is 26.8 Å². The van der Waals surface area contributed by atoms with Gasteiger partial charge in [0.2, 0.25) is 0 Å². The second-order valence-electron chi connectivity index (χ2n) is 6.50. The molecule has 1 atom stereocenters. The maximum absolute atomic E-state index is 12.0. The summed E-state index contributed by atoms with van der Waals surface area (Å²) in [6, 6.07) is 0. The predicted molar refractivity (Wildman–Crippen MR) is 85.5 cm³/mol. The van der Waals surface area contributed by atoms with Gasteiger partial charge in [-0.15, -0.1) is 0 Å². The molecule has 1 aromatic carbocycles. The van der Waals surface area contributed by atoms with Crippen LogP contribution in [0.25, 0.3) is 0 Å². The van der Waals surface area contributed by atoms with Crippen LogP contribution < -0.4 is 4.74 Å². The van der Waals surface area contributed by atoms with Gasteiger partial charge in [0, 0.05) is 17.2 Å². The van der Waals surface area contributed by atoms with Gasteiger partial charge in [0.1, 0.15) is 34.3 Å². The highest BCUT2D eigenvalue weighted by molar-refractivity contribution is 6.02. The molecule has 1 aromatic rings. The van der Waals surface area contributed by atoms with Gasteiger partial charge in [-0.2, -0.15) is 0 Å². The molecule has 0 saturated carbocycles. The Balaban J connectivity index is 2.34. The van der Waals surface area contributed by atoms with Crippen LogP contribution in [0.5, 0.6) is 17.2 Å². The van der Waals surface area contributed by atoms with Crippen LogP contribution in [-0.4, -0.2) is 26.9 Å². The molecule has 0 radical (unpaired) electrons. The molecule has 1 aliphatic carbocycles. The first-order chi connectivity index (χ1) is 11.1. The summed E-state index contributed by atoms with van der Waals surface area (Å²) >= 11 is 0. The second-order valence-corrected chi connectivity index (χ2v) is 6.50. The third kappa shape index (κ3) is 1.89. The Morgan fingerprint density at radius 3 is 2.29 bits per heavy atom. The zero-order valence-corrected chi connectivity index (χ0v) is 13.9. The number of Topliss-reactive ketones (excluding diaryl/α,β-unsaturated/α-hetero) is 2. The summed E-state index contributed by atoms with van der Waals surface area (Å²) < 4.78 is 5.74. The first-order valence-corrected chi connectivity index (χ1v) is 7.52. The summed E-state index contributed by atoms with van der Waals surface area (Å²) in [5.74, 6) is -0.976. The van der Waals surface area contributed by atoms with Crippen LogP contribution in [0.4, 0.5) is 0 Å². The largest absolute Gasteiger partial charge is 0.507 e. The molecule has 6 heteroatoms. The van der Waals surface area contributed by atoms with E-state index in [1.807, 2.05) is 0 Å². The van der Waals surface area contributed by atoms with Crippen LogP contribution in [0.2, 0.25) is 0 Å². The first-order valence-electron chi connectivity index (χ1n) is 7.52. The number of fused-ring (bicyclic) bond motifs is 3. The number of aromatic hydroxyl groups is 2. The van der Waals surface area contributed by atoms with Gasteiger partial charge in [-0.3, -0.25) is 9.59 Å². The Bertz CT molecular complexity index is 874. The average molecular weight is 330 g/mol. The van der Waals surface area contributed by atoms with Crippen LogP contribution in [0.3, 0.4) is 0 Å². The van der Waals surface area contributed by atoms with Gasteiger partial charge >= 0.3 is 0 Å². The Labute approximate surface area is 138 Å². The van der Waals surface area contributed by atoms with Crippen molar-refractivity contribution < 1.29 is 29.6 Å². The number of carbonyl (C=O) groups is 2. The van der Waals surface area contributed by atoms with Crippen molar-refractivity contribution in [3.8, 4) is 17.2 Å². The minimum atomic E-state index is -0.907. The number of hydrogen-bond donors (Lipinski definition) is 3. The molecule has 3 rings (SSSR count). The number of aliphatic hydroxyl groups is 1. The quantitative estimate of drug-likeness (QED) is 0.720. The van der Waals surface area contributed by atoms with E-state index in [9.17, 15) is 24.9 Å². The Hall–Kier alpha value is -2.76. The topological polar surface area (TPSA) is 104 Å². The van der Waals surface area contributed by atoms with E-state index in [2.05, 4.69) is 0 Å². The number of phenols is 2. The van der Waals surface area contributed by atoms with Crippen molar-refractivity contribution >= 4 is 11.6 Å². The molecule has 3 N–H and O–H groups in total. The normalized spacial score (nSPS) is 21.8. The Kier molecular flexibility index (Phi) is 3.27. The monoisotopic (exact) mass is 330 g/mol. The van der Waals surface area contributed by atoms with Gasteiger partial charge < -0.3 is 20.1 Å². The molecule has 24 heavy (non-hydrogen) atoms. The molecular formula is C18H18O6. The predicted octanol–water partition coefficient (Wildman–Crippen LogP) is 2.95. The highest BCUT2D eigenvalue weighted by Gasteiger charge is 2.49. The molecule has 1 aliphatic heterocycles. The van der Waals surface area contributed by atoms with Crippen LogP contribution in [0, 0.1) is 6.92 Å². The van der Waals surface area contributed by atoms with Crippen molar-refractivity contribution in [3.63, 3.8) is 0 Å². The van der Waals surface area contributed by atoms with Gasteiger partial charge in [-0.05, 0) is 34.1 Å². The lowest BCUT2D eigenvalue weighted by Crippen LogP contribution is -2.28. The number of carbonyl (C=O) groups excluding carboxylic acids is 2. The van der Waals surface area contributed by atoms with Gasteiger partial charge in [0.15, 0.2) is 11.6 Å². The zero-order chi connectivity index (χ0) is 18.0. The lowest BCUT2D eigenvalue weighted by atomic mass is 9.72. The molecule has 0 fully saturated rings. The number of aliphatic hydroxyl groups excluding tert-OH is 1. The molecule has 0 bridgehead atoms. The van der Waals surface area contributed by atoms with Crippen molar-refractivity contribution in [1.29, 1.82) is 0 Å². The number of allylic oxidation sites excluding steroid dienone is 3. The molecule has 0 spiro atoms. The van der Waals surface area contributed by atoms with Gasteiger partial charge in [0.05, 0.1) is 11.0 Å². The van der Waals surface area contributed by atoms with Crippen LogP contribution in [0.15, 0.2) is 23.2 Å². The summed E-state index contributed by atoms with van der Waals surface area (Å²) in [5.41, 5.74) is -0.170. The summed E-state index contributed by atoms with van der Waals surface area (Å²) in [5, 5.41) is 30.8. The summed E-state index contributed by atoms with van der Waals surface area (Å²) in [4.78, 5) is 23.8. The number of ketones is 2. The molecule has 2 aliphatic rings. The number of hydrogen-bond acceptors (Lipinski definition) is 6. The summed E-state index contributed by atoms with van der Waals surface area (Å²) in [6.45, 7) is 5.92. The van der Waals surface area contributed by atoms with Gasteiger partial charge in [-0.25, -0.2) is 0 Å². The van der Waals surface area contributed by atoms with Gasteiger partial charge in [-0.1, -0.05) is 0 Å². The third-order valence-corrected chi connectivity index (χ3v) is 4.83. The molecule has 6 nitrogen and oxygen atoms in total. The molecule has 0 amide bonds. The lowest BCUT2D eigenvalue weighted by Gasteiger charge is -2.29. The Morgan fingerprint density at radius 2 is 1.75 bits per heavy atom. The highest BCUT2D eigenvalue weighted by Crippen LogP contribution is 2.58. The van der Waals surface area contributed by atoms with E-state index in [0.29, 0.717) is 11.3 Å². The molecule has 126 valence electrons. The smallest absolute Gasteiger partial charge is 0.167 e. The number of ether oxygens (including phenoxy) is 1. The number of rotatable bonds is 2. The van der Waals surface area contributed by atoms with E-state index in [4.69, 9.17) is 4.74 Å². The van der Waals surface area contributed by atoms with E-state index >= 15 is 0 Å². The average Bonchev–Trinajstić information content (AvgIpc) is 2.76. The first kappa shape index (κ1) is 16.1. The zero-order valence-electron chi connectivity index (χ0n) is 13.9. The summed E-state index contributed by atoms with van der Waals surface area (Å²) in [7, 11) is 0. The van der Waals surface area contributed by atoms with E-state index in [0.717, 1.165) is 0 Å². The lowest BCUT2D eigenvalue weighted by molar-refractivity contribution is -0.114. The molecule has 0 saturated heterocycles. The maximum atomic E-state index is 12.0. The fourth-order valence-corrected chi connectivity index (χ4v) is 3.44. The van der Waals surface area contributed by atoms with Crippen molar-refractivity contribution in [1.82, 2.24) is 0 Å². The highest BCUT2D eigenvalue weighted by atomic mass is 16.5. The van der Waals surface area contributed by atoms with Crippen molar-refractivity contribution in [2.24, 2.45) is 0 Å². The van der Waals surface area contributed by atoms with E-state index < -0.39 is 11.2 Å². The minimum Gasteiger partial charge on any atom is -0.507 e. The maximum Gasteiger partial charge on any atom is 0.167 e. The van der Waals surface area contributed by atoms with Gasteiger partial charge in [0.25, 0.3) is 0 Å². The minimum absolute atomic E-state index is 0.0133. The second kappa shape index (κ2) is 4.87. The molecule has 1 heterocycles. The SMILES string of the molecule is CC(=O)C1=C(O)C=C2Oc3c(C(C)=O)c(O)c(C)c(O)c3[C@@]2(C)C1. The van der Waals surface area contributed by atoms with Crippen molar-refractivity contribution in [2.45, 2.75) is 39.5 Å². The molecule has 0 aromatic heterocycles. The van der Waals surface area contributed by atoms with Crippen LogP contribution in [0.1, 0.15) is 48.7 Å². The van der Waals surface area contributed by atoms with E-state index in [-0.39, 0.29) is 51.9 Å². The van der Waals surface area contributed by atoms with Crippen LogP contribution >= 0.6 is 0 Å². The fourth-order valence-electron chi connectivity index (χ4n) is 3.44. The van der Waals surface area contributed by atoms with Crippen molar-refractivity contribution in [2.75, 3.05) is 0 Å². The number of phenolic OH excluding ortho intramolecular Hbond substituents is 2. The van der Waals surface area contributed by atoms with E-state index in [1.54, 1.807) is 6.92 Å². The standard InChI is InChI=1S/C18H18O6/c1-7-15(22)13(9(3)20)17-14(16(7)23)18(4)6-10(8(2)19)11(21)5-12(18)24-17/h5,21-23H,6H2,1-4H3/t18-/m0/s1. The summed E-state index contributed by atoms with van der Waals surface area (Å²) in [6.07, 6.45) is 1.46. The van der Waals surface area contributed by atoms with Crippen molar-refractivity contribution in [3.05, 3.63) is 39.9 Å². The Morgan fingerprint density at radius 1 is 1.12 bits per heavy atom. The fraction of sp³-hybridized carbons (Fsp3) is 0.333.